The first kappa shape index (κ1) is 15.4. The Kier molecular flexibility index (Phi) is 5.20. The monoisotopic (exact) mass is 290 g/mol. The van der Waals surface area contributed by atoms with E-state index in [1.807, 2.05) is 24.3 Å². The molecule has 21 heavy (non-hydrogen) atoms. The maximum Gasteiger partial charge on any atom is 0.326 e. The van der Waals surface area contributed by atoms with Gasteiger partial charge in [0, 0.05) is 18.7 Å². The molecule has 1 aromatic rings. The number of nitrogens with two attached hydrogens (primary N) is 1. The van der Waals surface area contributed by atoms with Crippen LogP contribution < -0.4 is 5.73 Å². The molecule has 1 aliphatic rings. The average Bonchev–Trinajstić information content (AvgIpc) is 2.72. The minimum absolute atomic E-state index is 0.0902. The van der Waals surface area contributed by atoms with E-state index in [1.165, 1.54) is 4.90 Å². The Morgan fingerprint density at radius 1 is 1.24 bits per heavy atom. The molecule has 114 valence electrons. The molecule has 5 heteroatoms. The number of carboxylic acid groups (broad SMARTS) is 1. The molecule has 0 radical (unpaired) electrons. The van der Waals surface area contributed by atoms with E-state index in [0.717, 1.165) is 24.8 Å². The highest BCUT2D eigenvalue weighted by Gasteiger charge is 2.30. The number of hydrogen-bond acceptors (Lipinski definition) is 3. The number of carbonyl (C=O) groups is 2. The van der Waals surface area contributed by atoms with Crippen LogP contribution in [0.25, 0.3) is 0 Å². The summed E-state index contributed by atoms with van der Waals surface area (Å²) < 4.78 is 0. The van der Waals surface area contributed by atoms with Crippen molar-refractivity contribution in [2.75, 3.05) is 12.3 Å². The van der Waals surface area contributed by atoms with E-state index in [9.17, 15) is 14.7 Å². The predicted molar refractivity (Wildman–Crippen MR) is 80.8 cm³/mol. The normalized spacial score (nSPS) is 19.0. The number of rotatable bonds is 4. The van der Waals surface area contributed by atoms with Gasteiger partial charge in [-0.1, -0.05) is 31.0 Å². The third-order valence-corrected chi connectivity index (χ3v) is 4.02. The zero-order valence-corrected chi connectivity index (χ0v) is 12.1. The Morgan fingerprint density at radius 3 is 2.71 bits per heavy atom. The molecule has 0 aliphatic carbocycles. The quantitative estimate of drug-likeness (QED) is 0.831. The summed E-state index contributed by atoms with van der Waals surface area (Å²) in [6.45, 7) is 0.542. The van der Waals surface area contributed by atoms with E-state index in [1.54, 1.807) is 0 Å². The molecule has 1 atom stereocenters. The van der Waals surface area contributed by atoms with Crippen molar-refractivity contribution in [3.63, 3.8) is 0 Å². The van der Waals surface area contributed by atoms with E-state index in [4.69, 9.17) is 5.73 Å². The Balaban J connectivity index is 2.00. The number of anilines is 1. The number of para-hydroxylation sites is 1. The number of likely N-dealkylation sites (tertiary alicyclic amines) is 1. The van der Waals surface area contributed by atoms with E-state index in [2.05, 4.69) is 0 Å². The van der Waals surface area contributed by atoms with Crippen molar-refractivity contribution in [3.05, 3.63) is 29.8 Å². The first-order valence-electron chi connectivity index (χ1n) is 7.45. The second-order valence-corrected chi connectivity index (χ2v) is 5.49. The van der Waals surface area contributed by atoms with Gasteiger partial charge in [-0.25, -0.2) is 4.79 Å². The number of amides is 1. The summed E-state index contributed by atoms with van der Waals surface area (Å²) in [7, 11) is 0. The molecule has 5 nitrogen and oxygen atoms in total. The predicted octanol–water partition coefficient (Wildman–Crippen LogP) is 2.06. The van der Waals surface area contributed by atoms with E-state index >= 15 is 0 Å². The van der Waals surface area contributed by atoms with Crippen molar-refractivity contribution in [2.24, 2.45) is 0 Å². The van der Waals surface area contributed by atoms with Crippen LogP contribution in [0.15, 0.2) is 24.3 Å². The standard InChI is InChI=1S/C16H22N2O3/c17-13-7-4-3-6-12(13)9-10-15(19)18-11-5-1-2-8-14(18)16(20)21/h3-4,6-7,14H,1-2,5,8-11,17H2,(H,20,21). The fraction of sp³-hybridized carbons (Fsp3) is 0.500. The van der Waals surface area contributed by atoms with Gasteiger partial charge in [-0.3, -0.25) is 4.79 Å². The molecule has 1 amide bonds. The van der Waals surface area contributed by atoms with Crippen LogP contribution >= 0.6 is 0 Å². The van der Waals surface area contributed by atoms with Crippen molar-refractivity contribution in [2.45, 2.75) is 44.6 Å². The summed E-state index contributed by atoms with van der Waals surface area (Å²) in [5.41, 5.74) is 7.48. The maximum atomic E-state index is 12.4. The largest absolute Gasteiger partial charge is 0.480 e. The fourth-order valence-electron chi connectivity index (χ4n) is 2.81. The Bertz CT molecular complexity index is 516. The zero-order chi connectivity index (χ0) is 15.2. The molecule has 1 unspecified atom stereocenters. The first-order chi connectivity index (χ1) is 10.1. The highest BCUT2D eigenvalue weighted by atomic mass is 16.4. The minimum atomic E-state index is -0.899. The van der Waals surface area contributed by atoms with E-state index < -0.39 is 12.0 Å². The van der Waals surface area contributed by atoms with Gasteiger partial charge in [0.25, 0.3) is 0 Å². The average molecular weight is 290 g/mol. The summed E-state index contributed by atoms with van der Waals surface area (Å²) in [6.07, 6.45) is 4.13. The second kappa shape index (κ2) is 7.11. The van der Waals surface area contributed by atoms with Crippen LogP contribution in [0.3, 0.4) is 0 Å². The molecule has 1 aromatic carbocycles. The summed E-state index contributed by atoms with van der Waals surface area (Å²) in [6, 6.07) is 6.79. The van der Waals surface area contributed by atoms with Crippen molar-refractivity contribution in [1.82, 2.24) is 4.90 Å². The first-order valence-corrected chi connectivity index (χ1v) is 7.45. The van der Waals surface area contributed by atoms with Gasteiger partial charge < -0.3 is 15.7 Å². The van der Waals surface area contributed by atoms with Gasteiger partial charge in [0.1, 0.15) is 6.04 Å². The minimum Gasteiger partial charge on any atom is -0.480 e. The van der Waals surface area contributed by atoms with Crippen molar-refractivity contribution >= 4 is 17.6 Å². The van der Waals surface area contributed by atoms with E-state index in [0.29, 0.717) is 31.5 Å². The number of carboxylic acids is 1. The molecule has 1 saturated heterocycles. The molecule has 1 heterocycles. The number of nitrogens with zero attached hydrogens (tertiary/aromatic N) is 1. The third-order valence-electron chi connectivity index (χ3n) is 4.02. The molecule has 1 aliphatic heterocycles. The Morgan fingerprint density at radius 2 is 2.00 bits per heavy atom. The SMILES string of the molecule is Nc1ccccc1CCC(=O)N1CCCCCC1C(=O)O. The van der Waals surface area contributed by atoms with Crippen molar-refractivity contribution < 1.29 is 14.7 Å². The molecule has 3 N–H and O–H groups in total. The summed E-state index contributed by atoms with van der Waals surface area (Å²) in [4.78, 5) is 25.2. The van der Waals surface area contributed by atoms with Crippen LogP contribution in [0.4, 0.5) is 5.69 Å². The molecule has 1 fully saturated rings. The lowest BCUT2D eigenvalue weighted by molar-refractivity contribution is -0.150. The summed E-state index contributed by atoms with van der Waals surface area (Å²) >= 11 is 0. The fourth-order valence-corrected chi connectivity index (χ4v) is 2.81. The highest BCUT2D eigenvalue weighted by molar-refractivity contribution is 5.84. The van der Waals surface area contributed by atoms with Gasteiger partial charge in [0.15, 0.2) is 0 Å². The number of aryl methyl sites for hydroxylation is 1. The van der Waals surface area contributed by atoms with Gasteiger partial charge >= 0.3 is 5.97 Å². The summed E-state index contributed by atoms with van der Waals surface area (Å²) in [5.74, 6) is -0.989. The lowest BCUT2D eigenvalue weighted by atomic mass is 10.1. The Hall–Kier alpha value is -2.04. The van der Waals surface area contributed by atoms with Crippen LogP contribution in [0.1, 0.15) is 37.7 Å². The maximum absolute atomic E-state index is 12.4. The molecule has 2 rings (SSSR count). The Labute approximate surface area is 124 Å². The topological polar surface area (TPSA) is 83.6 Å². The number of benzene rings is 1. The van der Waals surface area contributed by atoms with Gasteiger partial charge in [-0.15, -0.1) is 0 Å². The van der Waals surface area contributed by atoms with E-state index in [-0.39, 0.29) is 5.91 Å². The second-order valence-electron chi connectivity index (χ2n) is 5.49. The van der Waals surface area contributed by atoms with Crippen LogP contribution in [0.5, 0.6) is 0 Å². The number of carbonyl (C=O) groups excluding carboxylic acids is 1. The van der Waals surface area contributed by atoms with Crippen LogP contribution in [0.2, 0.25) is 0 Å². The molecular weight excluding hydrogens is 268 g/mol. The zero-order valence-electron chi connectivity index (χ0n) is 12.1. The van der Waals surface area contributed by atoms with Gasteiger partial charge in [0.2, 0.25) is 5.91 Å². The molecule has 0 bridgehead atoms. The van der Waals surface area contributed by atoms with Gasteiger partial charge in [-0.05, 0) is 30.9 Å². The molecule has 0 spiro atoms. The van der Waals surface area contributed by atoms with Gasteiger partial charge in [0.05, 0.1) is 0 Å². The molecular formula is C16H22N2O3. The number of hydrogen-bond donors (Lipinski definition) is 2. The third kappa shape index (κ3) is 3.97. The molecule has 0 aromatic heterocycles. The number of nitrogen functional groups attached to an aromatic ring is 1. The number of aliphatic carboxylic acids is 1. The van der Waals surface area contributed by atoms with Crippen molar-refractivity contribution in [3.8, 4) is 0 Å². The lowest BCUT2D eigenvalue weighted by Gasteiger charge is -2.27. The molecule has 0 saturated carbocycles. The van der Waals surface area contributed by atoms with Crippen LogP contribution in [-0.4, -0.2) is 34.5 Å². The van der Waals surface area contributed by atoms with Crippen LogP contribution in [-0.2, 0) is 16.0 Å². The lowest BCUT2D eigenvalue weighted by Crippen LogP contribution is -2.44. The van der Waals surface area contributed by atoms with Crippen LogP contribution in [0, 0.1) is 0 Å². The van der Waals surface area contributed by atoms with Crippen molar-refractivity contribution in [1.29, 1.82) is 0 Å². The smallest absolute Gasteiger partial charge is 0.326 e. The highest BCUT2D eigenvalue weighted by Crippen LogP contribution is 2.19. The van der Waals surface area contributed by atoms with Gasteiger partial charge in [-0.2, -0.15) is 0 Å². The summed E-state index contributed by atoms with van der Waals surface area (Å²) in [5, 5.41) is 9.30.